The lowest BCUT2D eigenvalue weighted by Crippen LogP contribution is -2.40. The van der Waals surface area contributed by atoms with Gasteiger partial charge in [0.2, 0.25) is 0 Å². The Hall–Kier alpha value is -0.610. The number of anilines is 1. The summed E-state index contributed by atoms with van der Waals surface area (Å²) in [7, 11) is 2.15. The van der Waals surface area contributed by atoms with Crippen LogP contribution in [0.4, 0.5) is 10.1 Å². The van der Waals surface area contributed by atoms with E-state index in [0.717, 1.165) is 11.0 Å². The van der Waals surface area contributed by atoms with Crippen molar-refractivity contribution in [3.05, 3.63) is 28.5 Å². The Morgan fingerprint density at radius 3 is 2.94 bits per heavy atom. The van der Waals surface area contributed by atoms with E-state index in [1.165, 1.54) is 25.5 Å². The molecular weight excluding hydrogens is 295 g/mol. The van der Waals surface area contributed by atoms with Gasteiger partial charge < -0.3 is 10.2 Å². The Bertz CT molecular complexity index is 391. The summed E-state index contributed by atoms with van der Waals surface area (Å²) in [6.07, 6.45) is 2.44. The van der Waals surface area contributed by atoms with Gasteiger partial charge in [0.1, 0.15) is 5.82 Å². The van der Waals surface area contributed by atoms with Gasteiger partial charge in [-0.15, -0.1) is 0 Å². The molecule has 1 fully saturated rings. The van der Waals surface area contributed by atoms with Crippen LogP contribution >= 0.6 is 15.9 Å². The number of hydrogen-bond acceptors (Lipinski definition) is 2. The van der Waals surface area contributed by atoms with Gasteiger partial charge in [-0.05, 0) is 67.3 Å². The summed E-state index contributed by atoms with van der Waals surface area (Å²) < 4.78 is 14.5. The standard InChI is InChI=1S/C14H20BrFN2/c1-10(11-5-4-8-18(2)9-11)17-14-12(15)6-3-7-13(14)16/h3,6-7,10-11,17H,4-5,8-9H2,1-2H3. The smallest absolute Gasteiger partial charge is 0.147 e. The average Bonchev–Trinajstić information content (AvgIpc) is 2.34. The van der Waals surface area contributed by atoms with E-state index >= 15 is 0 Å². The van der Waals surface area contributed by atoms with E-state index in [4.69, 9.17) is 0 Å². The third-order valence-electron chi connectivity index (χ3n) is 3.70. The molecule has 1 aliphatic rings. The van der Waals surface area contributed by atoms with Crippen LogP contribution in [0.2, 0.25) is 0 Å². The quantitative estimate of drug-likeness (QED) is 0.914. The minimum atomic E-state index is -0.194. The fourth-order valence-corrected chi connectivity index (χ4v) is 3.05. The lowest BCUT2D eigenvalue weighted by molar-refractivity contribution is 0.197. The Labute approximate surface area is 117 Å². The van der Waals surface area contributed by atoms with Gasteiger partial charge in [0, 0.05) is 17.1 Å². The largest absolute Gasteiger partial charge is 0.379 e. The van der Waals surface area contributed by atoms with Gasteiger partial charge in [0.25, 0.3) is 0 Å². The second kappa shape index (κ2) is 6.02. The molecule has 2 unspecified atom stereocenters. The Balaban J connectivity index is 2.04. The molecule has 1 aromatic carbocycles. The molecule has 0 spiro atoms. The van der Waals surface area contributed by atoms with E-state index in [1.54, 1.807) is 6.07 Å². The molecule has 2 nitrogen and oxygen atoms in total. The number of likely N-dealkylation sites (tertiary alicyclic amines) is 1. The Kier molecular flexibility index (Phi) is 4.62. The van der Waals surface area contributed by atoms with Crippen LogP contribution in [0.25, 0.3) is 0 Å². The molecule has 100 valence electrons. The molecule has 0 radical (unpaired) electrons. The first-order valence-electron chi connectivity index (χ1n) is 6.47. The van der Waals surface area contributed by atoms with Crippen molar-refractivity contribution in [2.75, 3.05) is 25.5 Å². The van der Waals surface area contributed by atoms with Crippen molar-refractivity contribution in [1.82, 2.24) is 4.90 Å². The van der Waals surface area contributed by atoms with Crippen LogP contribution in [-0.2, 0) is 0 Å². The van der Waals surface area contributed by atoms with Gasteiger partial charge in [-0.3, -0.25) is 0 Å². The monoisotopic (exact) mass is 314 g/mol. The highest BCUT2D eigenvalue weighted by molar-refractivity contribution is 9.10. The molecule has 1 aliphatic heterocycles. The first-order chi connectivity index (χ1) is 8.58. The molecule has 2 rings (SSSR count). The lowest BCUT2D eigenvalue weighted by Gasteiger charge is -2.34. The molecule has 18 heavy (non-hydrogen) atoms. The second-order valence-corrected chi connectivity index (χ2v) is 6.05. The first kappa shape index (κ1) is 13.8. The molecule has 1 N–H and O–H groups in total. The normalized spacial score (nSPS) is 22.8. The van der Waals surface area contributed by atoms with E-state index in [1.807, 2.05) is 6.07 Å². The maximum Gasteiger partial charge on any atom is 0.147 e. The summed E-state index contributed by atoms with van der Waals surface area (Å²) in [5, 5.41) is 3.32. The zero-order valence-electron chi connectivity index (χ0n) is 10.9. The minimum Gasteiger partial charge on any atom is -0.379 e. The number of para-hydroxylation sites is 1. The molecule has 1 saturated heterocycles. The van der Waals surface area contributed by atoms with Crippen LogP contribution in [-0.4, -0.2) is 31.1 Å². The molecule has 1 aromatic rings. The van der Waals surface area contributed by atoms with Crippen LogP contribution in [0.5, 0.6) is 0 Å². The maximum absolute atomic E-state index is 13.8. The minimum absolute atomic E-state index is 0.194. The summed E-state index contributed by atoms with van der Waals surface area (Å²) in [5.74, 6) is 0.385. The number of benzene rings is 1. The van der Waals surface area contributed by atoms with Crippen molar-refractivity contribution in [3.8, 4) is 0 Å². The Morgan fingerprint density at radius 2 is 2.28 bits per heavy atom. The highest BCUT2D eigenvalue weighted by Gasteiger charge is 2.23. The molecule has 0 saturated carbocycles. The van der Waals surface area contributed by atoms with Gasteiger partial charge in [-0.25, -0.2) is 4.39 Å². The number of nitrogens with zero attached hydrogens (tertiary/aromatic N) is 1. The zero-order valence-corrected chi connectivity index (χ0v) is 12.5. The van der Waals surface area contributed by atoms with Crippen molar-refractivity contribution < 1.29 is 4.39 Å². The van der Waals surface area contributed by atoms with E-state index in [2.05, 4.69) is 40.1 Å². The highest BCUT2D eigenvalue weighted by atomic mass is 79.9. The van der Waals surface area contributed by atoms with Crippen molar-refractivity contribution >= 4 is 21.6 Å². The summed E-state index contributed by atoms with van der Waals surface area (Å²) in [5.41, 5.74) is 0.582. The molecule has 2 atom stereocenters. The fourth-order valence-electron chi connectivity index (χ4n) is 2.60. The third-order valence-corrected chi connectivity index (χ3v) is 4.36. The summed E-state index contributed by atoms with van der Waals surface area (Å²) in [6, 6.07) is 5.35. The van der Waals surface area contributed by atoms with Gasteiger partial charge in [-0.1, -0.05) is 6.07 Å². The predicted molar refractivity (Wildman–Crippen MR) is 77.4 cm³/mol. The van der Waals surface area contributed by atoms with Crippen molar-refractivity contribution in [2.45, 2.75) is 25.8 Å². The lowest BCUT2D eigenvalue weighted by atomic mass is 9.92. The van der Waals surface area contributed by atoms with E-state index < -0.39 is 0 Å². The van der Waals surface area contributed by atoms with Crippen LogP contribution in [0, 0.1) is 11.7 Å². The number of piperidine rings is 1. The van der Waals surface area contributed by atoms with Gasteiger partial charge in [-0.2, -0.15) is 0 Å². The number of nitrogens with one attached hydrogen (secondary N) is 1. The van der Waals surface area contributed by atoms with Crippen LogP contribution < -0.4 is 5.32 Å². The summed E-state index contributed by atoms with van der Waals surface area (Å²) in [4.78, 5) is 2.35. The summed E-state index contributed by atoms with van der Waals surface area (Å²) >= 11 is 3.40. The van der Waals surface area contributed by atoms with Crippen LogP contribution in [0.15, 0.2) is 22.7 Å². The van der Waals surface area contributed by atoms with Crippen LogP contribution in [0.1, 0.15) is 19.8 Å². The molecule has 0 bridgehead atoms. The van der Waals surface area contributed by atoms with Crippen molar-refractivity contribution in [2.24, 2.45) is 5.92 Å². The van der Waals surface area contributed by atoms with Crippen LogP contribution in [0.3, 0.4) is 0 Å². The zero-order chi connectivity index (χ0) is 13.1. The first-order valence-corrected chi connectivity index (χ1v) is 7.26. The number of rotatable bonds is 3. The van der Waals surface area contributed by atoms with Crippen molar-refractivity contribution in [1.29, 1.82) is 0 Å². The summed E-state index contributed by atoms with van der Waals surface area (Å²) in [6.45, 7) is 4.40. The molecule has 0 aliphatic carbocycles. The second-order valence-electron chi connectivity index (χ2n) is 5.19. The predicted octanol–water partition coefficient (Wildman–Crippen LogP) is 3.73. The third kappa shape index (κ3) is 3.23. The number of hydrogen-bond donors (Lipinski definition) is 1. The SMILES string of the molecule is CC(Nc1c(F)cccc1Br)C1CCCN(C)C1. The molecule has 0 amide bonds. The number of halogens is 2. The van der Waals surface area contributed by atoms with Gasteiger partial charge >= 0.3 is 0 Å². The van der Waals surface area contributed by atoms with E-state index in [0.29, 0.717) is 11.6 Å². The topological polar surface area (TPSA) is 15.3 Å². The molecule has 4 heteroatoms. The Morgan fingerprint density at radius 1 is 1.50 bits per heavy atom. The van der Waals surface area contributed by atoms with Gasteiger partial charge in [0.15, 0.2) is 0 Å². The van der Waals surface area contributed by atoms with E-state index in [-0.39, 0.29) is 11.9 Å². The maximum atomic E-state index is 13.8. The average molecular weight is 315 g/mol. The van der Waals surface area contributed by atoms with E-state index in [9.17, 15) is 4.39 Å². The highest BCUT2D eigenvalue weighted by Crippen LogP contribution is 2.28. The fraction of sp³-hybridized carbons (Fsp3) is 0.571. The molecular formula is C14H20BrFN2. The van der Waals surface area contributed by atoms with Crippen molar-refractivity contribution in [3.63, 3.8) is 0 Å². The molecule has 0 aromatic heterocycles. The van der Waals surface area contributed by atoms with Gasteiger partial charge in [0.05, 0.1) is 5.69 Å². The molecule has 1 heterocycles.